The third kappa shape index (κ3) is 4.05. The summed E-state index contributed by atoms with van der Waals surface area (Å²) in [6.07, 6.45) is 3.09. The maximum atomic E-state index is 12.0. The number of furan rings is 1. The van der Waals surface area contributed by atoms with Crippen LogP contribution >= 0.6 is 0 Å². The fraction of sp³-hybridized carbons (Fsp3) is 0.692. The van der Waals surface area contributed by atoms with E-state index in [9.17, 15) is 8.42 Å². The van der Waals surface area contributed by atoms with E-state index in [2.05, 4.69) is 16.7 Å². The SMILES string of the molecule is CN1CCC(CCNS(=O)(=O)c2ccc(CO)o2)CC1. The highest BCUT2D eigenvalue weighted by molar-refractivity contribution is 7.89. The molecule has 2 rings (SSSR count). The molecule has 0 aliphatic carbocycles. The van der Waals surface area contributed by atoms with Gasteiger partial charge in [-0.3, -0.25) is 0 Å². The summed E-state index contributed by atoms with van der Waals surface area (Å²) in [7, 11) is -1.49. The van der Waals surface area contributed by atoms with Crippen LogP contribution in [0.4, 0.5) is 0 Å². The number of nitrogens with zero attached hydrogens (tertiary/aromatic N) is 1. The normalized spacial score (nSPS) is 18.5. The van der Waals surface area contributed by atoms with Crippen molar-refractivity contribution in [1.82, 2.24) is 9.62 Å². The number of nitrogens with one attached hydrogen (secondary N) is 1. The predicted octanol–water partition coefficient (Wildman–Crippen LogP) is 0.782. The first-order valence-corrected chi connectivity index (χ1v) is 8.37. The highest BCUT2D eigenvalue weighted by Crippen LogP contribution is 2.19. The Morgan fingerprint density at radius 3 is 2.70 bits per heavy atom. The van der Waals surface area contributed by atoms with Gasteiger partial charge in [-0.2, -0.15) is 0 Å². The van der Waals surface area contributed by atoms with E-state index in [1.54, 1.807) is 0 Å². The minimum absolute atomic E-state index is 0.134. The monoisotopic (exact) mass is 302 g/mol. The van der Waals surface area contributed by atoms with Crippen molar-refractivity contribution in [3.8, 4) is 0 Å². The van der Waals surface area contributed by atoms with Crippen LogP contribution in [0, 0.1) is 5.92 Å². The largest absolute Gasteiger partial charge is 0.446 e. The van der Waals surface area contributed by atoms with Gasteiger partial charge in [-0.15, -0.1) is 0 Å². The van der Waals surface area contributed by atoms with Crippen molar-refractivity contribution in [2.45, 2.75) is 31.0 Å². The Morgan fingerprint density at radius 2 is 2.10 bits per heavy atom. The van der Waals surface area contributed by atoms with Gasteiger partial charge < -0.3 is 14.4 Å². The van der Waals surface area contributed by atoms with Crippen LogP contribution < -0.4 is 4.72 Å². The van der Waals surface area contributed by atoms with Crippen molar-refractivity contribution in [1.29, 1.82) is 0 Å². The third-order valence-electron chi connectivity index (χ3n) is 3.74. The summed E-state index contributed by atoms with van der Waals surface area (Å²) >= 11 is 0. The molecule has 0 saturated carbocycles. The molecule has 1 aliphatic rings. The second-order valence-electron chi connectivity index (χ2n) is 5.31. The summed E-state index contributed by atoms with van der Waals surface area (Å²) in [5, 5.41) is 8.74. The van der Waals surface area contributed by atoms with E-state index in [1.807, 2.05) is 0 Å². The summed E-state index contributed by atoms with van der Waals surface area (Å²) in [4.78, 5) is 2.29. The van der Waals surface area contributed by atoms with Crippen LogP contribution in [0.25, 0.3) is 0 Å². The standard InChI is InChI=1S/C13H22N2O4S/c1-15-8-5-11(6-9-15)4-7-14-20(17,18)13-3-2-12(10-16)19-13/h2-3,11,14,16H,4-10H2,1H3. The Labute approximate surface area is 119 Å². The smallest absolute Gasteiger partial charge is 0.273 e. The van der Waals surface area contributed by atoms with Crippen LogP contribution in [-0.4, -0.2) is 45.1 Å². The summed E-state index contributed by atoms with van der Waals surface area (Å²) < 4.78 is 31.5. The lowest BCUT2D eigenvalue weighted by atomic mass is 9.94. The molecular formula is C13H22N2O4S. The topological polar surface area (TPSA) is 82.8 Å². The quantitative estimate of drug-likeness (QED) is 0.811. The lowest BCUT2D eigenvalue weighted by Gasteiger charge is -2.28. The summed E-state index contributed by atoms with van der Waals surface area (Å²) in [5.41, 5.74) is 0. The third-order valence-corrected chi connectivity index (χ3v) is 5.07. The van der Waals surface area contributed by atoms with Crippen molar-refractivity contribution in [3.05, 3.63) is 17.9 Å². The Balaban J connectivity index is 1.80. The second-order valence-corrected chi connectivity index (χ2v) is 7.01. The maximum Gasteiger partial charge on any atom is 0.273 e. The first-order valence-electron chi connectivity index (χ1n) is 6.89. The van der Waals surface area contributed by atoms with E-state index in [0.717, 1.165) is 32.4 Å². The number of aliphatic hydroxyl groups is 1. The first kappa shape index (κ1) is 15.5. The Morgan fingerprint density at radius 1 is 1.40 bits per heavy atom. The van der Waals surface area contributed by atoms with Crippen LogP contribution in [0.2, 0.25) is 0 Å². The Hall–Kier alpha value is -0.890. The molecule has 114 valence electrons. The van der Waals surface area contributed by atoms with E-state index in [0.29, 0.717) is 12.5 Å². The minimum Gasteiger partial charge on any atom is -0.446 e. The van der Waals surface area contributed by atoms with Crippen molar-refractivity contribution >= 4 is 10.0 Å². The second kappa shape index (κ2) is 6.71. The van der Waals surface area contributed by atoms with E-state index in [-0.39, 0.29) is 17.5 Å². The molecule has 0 spiro atoms. The zero-order valence-corrected chi connectivity index (χ0v) is 12.5. The molecule has 0 bridgehead atoms. The number of hydrogen-bond donors (Lipinski definition) is 2. The molecule has 1 fully saturated rings. The average molecular weight is 302 g/mol. The maximum absolute atomic E-state index is 12.0. The molecular weight excluding hydrogens is 280 g/mol. The predicted molar refractivity (Wildman–Crippen MR) is 74.7 cm³/mol. The van der Waals surface area contributed by atoms with Crippen LogP contribution in [0.3, 0.4) is 0 Å². The summed E-state index contributed by atoms with van der Waals surface area (Å²) in [6.45, 7) is 2.28. The zero-order valence-electron chi connectivity index (χ0n) is 11.7. The Kier molecular flexibility index (Phi) is 5.20. The lowest BCUT2D eigenvalue weighted by molar-refractivity contribution is 0.213. The van der Waals surface area contributed by atoms with Crippen LogP contribution in [0.1, 0.15) is 25.0 Å². The first-order chi connectivity index (χ1) is 9.51. The number of likely N-dealkylation sites (tertiary alicyclic amines) is 1. The highest BCUT2D eigenvalue weighted by Gasteiger charge is 2.20. The van der Waals surface area contributed by atoms with Gasteiger partial charge in [0.15, 0.2) is 0 Å². The number of sulfonamides is 1. The summed E-state index contributed by atoms with van der Waals surface area (Å²) in [6, 6.07) is 2.83. The van der Waals surface area contributed by atoms with Gasteiger partial charge in [-0.05, 0) is 57.5 Å². The molecule has 1 aromatic rings. The van der Waals surface area contributed by atoms with Crippen LogP contribution in [0.15, 0.2) is 21.6 Å². The molecule has 1 aliphatic heterocycles. The minimum atomic E-state index is -3.60. The van der Waals surface area contributed by atoms with Gasteiger partial charge in [0, 0.05) is 6.54 Å². The van der Waals surface area contributed by atoms with E-state index < -0.39 is 10.0 Å². The summed E-state index contributed by atoms with van der Waals surface area (Å²) in [5.74, 6) is 0.833. The van der Waals surface area contributed by atoms with E-state index in [4.69, 9.17) is 9.52 Å². The number of hydrogen-bond acceptors (Lipinski definition) is 5. The van der Waals surface area contributed by atoms with Crippen molar-refractivity contribution in [2.24, 2.45) is 5.92 Å². The van der Waals surface area contributed by atoms with Crippen molar-refractivity contribution in [2.75, 3.05) is 26.7 Å². The molecule has 0 unspecified atom stereocenters. The van der Waals surface area contributed by atoms with E-state index >= 15 is 0 Å². The molecule has 0 atom stereocenters. The van der Waals surface area contributed by atoms with Crippen LogP contribution in [0.5, 0.6) is 0 Å². The molecule has 2 N–H and O–H groups in total. The van der Waals surface area contributed by atoms with Gasteiger partial charge in [0.05, 0.1) is 0 Å². The van der Waals surface area contributed by atoms with Gasteiger partial charge in [-0.25, -0.2) is 13.1 Å². The molecule has 0 radical (unpaired) electrons. The van der Waals surface area contributed by atoms with Crippen molar-refractivity contribution < 1.29 is 17.9 Å². The Bertz CT molecular complexity index is 518. The van der Waals surface area contributed by atoms with Crippen molar-refractivity contribution in [3.63, 3.8) is 0 Å². The number of piperidine rings is 1. The lowest BCUT2D eigenvalue weighted by Crippen LogP contribution is -2.32. The van der Waals surface area contributed by atoms with Gasteiger partial charge >= 0.3 is 0 Å². The number of rotatable bonds is 6. The van der Waals surface area contributed by atoms with Gasteiger partial charge in [0.1, 0.15) is 12.4 Å². The molecule has 0 aromatic carbocycles. The van der Waals surface area contributed by atoms with E-state index in [1.165, 1.54) is 12.1 Å². The van der Waals surface area contributed by atoms with Crippen LogP contribution in [-0.2, 0) is 16.6 Å². The fourth-order valence-corrected chi connectivity index (χ4v) is 3.40. The molecule has 20 heavy (non-hydrogen) atoms. The molecule has 7 heteroatoms. The van der Waals surface area contributed by atoms with Gasteiger partial charge in [0.2, 0.25) is 5.09 Å². The average Bonchev–Trinajstić information content (AvgIpc) is 2.90. The molecule has 0 amide bonds. The molecule has 2 heterocycles. The van der Waals surface area contributed by atoms with Gasteiger partial charge in [-0.1, -0.05) is 0 Å². The number of aliphatic hydroxyl groups excluding tert-OH is 1. The zero-order chi connectivity index (χ0) is 14.6. The molecule has 6 nitrogen and oxygen atoms in total. The highest BCUT2D eigenvalue weighted by atomic mass is 32.2. The molecule has 1 aromatic heterocycles. The van der Waals surface area contributed by atoms with Gasteiger partial charge in [0.25, 0.3) is 10.0 Å². The molecule has 1 saturated heterocycles. The fourth-order valence-electron chi connectivity index (χ4n) is 2.41.